The molecule has 0 atom stereocenters. The van der Waals surface area contributed by atoms with E-state index in [0.29, 0.717) is 23.2 Å². The Morgan fingerprint density at radius 1 is 1.12 bits per heavy atom. The van der Waals surface area contributed by atoms with Gasteiger partial charge in [0.25, 0.3) is 0 Å². The van der Waals surface area contributed by atoms with Gasteiger partial charge in [-0.05, 0) is 25.0 Å². The SMILES string of the molecule is CCc1nccnc1-c1cc(F)cc(F)c1C. The third-order valence-electron chi connectivity index (χ3n) is 2.67. The average Bonchev–Trinajstić information content (AvgIpc) is 2.33. The first-order valence-electron chi connectivity index (χ1n) is 5.39. The van der Waals surface area contributed by atoms with Crippen molar-refractivity contribution in [2.75, 3.05) is 0 Å². The van der Waals surface area contributed by atoms with Crippen LogP contribution < -0.4 is 0 Å². The van der Waals surface area contributed by atoms with Gasteiger partial charge in [-0.2, -0.15) is 0 Å². The Morgan fingerprint density at radius 2 is 1.82 bits per heavy atom. The smallest absolute Gasteiger partial charge is 0.129 e. The van der Waals surface area contributed by atoms with E-state index in [9.17, 15) is 8.78 Å². The highest BCUT2D eigenvalue weighted by Gasteiger charge is 2.13. The van der Waals surface area contributed by atoms with Gasteiger partial charge in [0.15, 0.2) is 0 Å². The molecule has 0 fully saturated rings. The average molecular weight is 234 g/mol. The van der Waals surface area contributed by atoms with Crippen molar-refractivity contribution in [3.8, 4) is 11.3 Å². The van der Waals surface area contributed by atoms with Crippen LogP contribution in [0.2, 0.25) is 0 Å². The minimum atomic E-state index is -0.601. The van der Waals surface area contributed by atoms with E-state index in [4.69, 9.17) is 0 Å². The number of nitrogens with zero attached hydrogens (tertiary/aromatic N) is 2. The maximum Gasteiger partial charge on any atom is 0.129 e. The zero-order valence-electron chi connectivity index (χ0n) is 9.67. The molecule has 17 heavy (non-hydrogen) atoms. The van der Waals surface area contributed by atoms with E-state index in [0.717, 1.165) is 11.8 Å². The topological polar surface area (TPSA) is 25.8 Å². The van der Waals surface area contributed by atoms with Gasteiger partial charge in [-0.1, -0.05) is 6.92 Å². The molecule has 2 aromatic rings. The Balaban J connectivity index is 2.68. The summed E-state index contributed by atoms with van der Waals surface area (Å²) in [4.78, 5) is 8.33. The van der Waals surface area contributed by atoms with Gasteiger partial charge < -0.3 is 0 Å². The molecule has 2 rings (SSSR count). The van der Waals surface area contributed by atoms with Crippen LogP contribution in [0.15, 0.2) is 24.5 Å². The predicted molar refractivity (Wildman–Crippen MR) is 61.5 cm³/mol. The number of aromatic nitrogens is 2. The fourth-order valence-corrected chi connectivity index (χ4v) is 1.74. The summed E-state index contributed by atoms with van der Waals surface area (Å²) in [6.07, 6.45) is 3.77. The van der Waals surface area contributed by atoms with Crippen LogP contribution in [0.1, 0.15) is 18.2 Å². The van der Waals surface area contributed by atoms with Crippen molar-refractivity contribution in [2.24, 2.45) is 0 Å². The van der Waals surface area contributed by atoms with Crippen LogP contribution >= 0.6 is 0 Å². The van der Waals surface area contributed by atoms with Crippen LogP contribution in [0.5, 0.6) is 0 Å². The van der Waals surface area contributed by atoms with Crippen molar-refractivity contribution in [3.63, 3.8) is 0 Å². The molecular formula is C13H12F2N2. The van der Waals surface area contributed by atoms with Gasteiger partial charge in [0, 0.05) is 24.0 Å². The molecule has 88 valence electrons. The maximum atomic E-state index is 13.5. The first-order chi connectivity index (χ1) is 8.13. The van der Waals surface area contributed by atoms with Crippen molar-refractivity contribution >= 4 is 0 Å². The van der Waals surface area contributed by atoms with Crippen molar-refractivity contribution in [1.82, 2.24) is 9.97 Å². The van der Waals surface area contributed by atoms with E-state index in [1.165, 1.54) is 12.3 Å². The lowest BCUT2D eigenvalue weighted by Crippen LogP contribution is -1.99. The highest BCUT2D eigenvalue weighted by atomic mass is 19.1. The van der Waals surface area contributed by atoms with Gasteiger partial charge >= 0.3 is 0 Å². The third kappa shape index (κ3) is 2.16. The largest absolute Gasteiger partial charge is 0.257 e. The molecule has 0 aliphatic rings. The predicted octanol–water partition coefficient (Wildman–Crippen LogP) is 3.29. The number of hydrogen-bond acceptors (Lipinski definition) is 2. The Kier molecular flexibility index (Phi) is 3.13. The third-order valence-corrected chi connectivity index (χ3v) is 2.67. The molecule has 1 heterocycles. The zero-order valence-corrected chi connectivity index (χ0v) is 9.67. The van der Waals surface area contributed by atoms with E-state index < -0.39 is 11.6 Å². The molecule has 0 N–H and O–H groups in total. The minimum Gasteiger partial charge on any atom is -0.257 e. The molecule has 2 nitrogen and oxygen atoms in total. The Bertz CT molecular complexity index is 553. The van der Waals surface area contributed by atoms with Crippen LogP contribution in [0.3, 0.4) is 0 Å². The summed E-state index contributed by atoms with van der Waals surface area (Å²) in [7, 11) is 0. The fourth-order valence-electron chi connectivity index (χ4n) is 1.74. The standard InChI is InChI=1S/C13H12F2N2/c1-3-12-13(17-5-4-16-12)10-6-9(14)7-11(15)8(10)2/h4-7H,3H2,1-2H3. The van der Waals surface area contributed by atoms with Crippen LogP contribution in [-0.2, 0) is 6.42 Å². The number of halogens is 2. The number of benzene rings is 1. The molecule has 0 unspecified atom stereocenters. The van der Waals surface area contributed by atoms with E-state index in [1.807, 2.05) is 6.92 Å². The first-order valence-corrected chi connectivity index (χ1v) is 5.39. The molecule has 0 bridgehead atoms. The first kappa shape index (κ1) is 11.6. The quantitative estimate of drug-likeness (QED) is 0.796. The highest BCUT2D eigenvalue weighted by molar-refractivity contribution is 5.65. The summed E-state index contributed by atoms with van der Waals surface area (Å²) in [5, 5.41) is 0. The van der Waals surface area contributed by atoms with Crippen molar-refractivity contribution in [2.45, 2.75) is 20.3 Å². The second-order valence-corrected chi connectivity index (χ2v) is 3.77. The summed E-state index contributed by atoms with van der Waals surface area (Å²) < 4.78 is 26.7. The lowest BCUT2D eigenvalue weighted by atomic mass is 10.0. The molecule has 0 amide bonds. The summed E-state index contributed by atoms with van der Waals surface area (Å²) in [5.41, 5.74) is 2.14. The molecule has 1 aromatic heterocycles. The highest BCUT2D eigenvalue weighted by Crippen LogP contribution is 2.26. The second-order valence-electron chi connectivity index (χ2n) is 3.77. The van der Waals surface area contributed by atoms with Crippen molar-refractivity contribution < 1.29 is 8.78 Å². The molecule has 0 saturated heterocycles. The molecule has 0 spiro atoms. The lowest BCUT2D eigenvalue weighted by Gasteiger charge is -2.09. The number of rotatable bonds is 2. The molecule has 0 radical (unpaired) electrons. The maximum absolute atomic E-state index is 13.5. The molecule has 0 aliphatic heterocycles. The van der Waals surface area contributed by atoms with E-state index in [1.54, 1.807) is 13.1 Å². The van der Waals surface area contributed by atoms with Gasteiger partial charge in [-0.15, -0.1) is 0 Å². The van der Waals surface area contributed by atoms with Gasteiger partial charge in [-0.25, -0.2) is 8.78 Å². The van der Waals surface area contributed by atoms with Gasteiger partial charge in [0.05, 0.1) is 11.4 Å². The summed E-state index contributed by atoms with van der Waals surface area (Å²) in [5.74, 6) is -1.16. The monoisotopic (exact) mass is 234 g/mol. The van der Waals surface area contributed by atoms with E-state index in [2.05, 4.69) is 9.97 Å². The number of hydrogen-bond donors (Lipinski definition) is 0. The van der Waals surface area contributed by atoms with Gasteiger partial charge in [0.2, 0.25) is 0 Å². The van der Waals surface area contributed by atoms with Gasteiger partial charge in [-0.3, -0.25) is 9.97 Å². The van der Waals surface area contributed by atoms with Crippen LogP contribution in [0.4, 0.5) is 8.78 Å². The van der Waals surface area contributed by atoms with E-state index in [-0.39, 0.29) is 0 Å². The summed E-state index contributed by atoms with van der Waals surface area (Å²) in [6, 6.07) is 2.17. The Hall–Kier alpha value is -1.84. The Morgan fingerprint density at radius 3 is 2.53 bits per heavy atom. The molecule has 4 heteroatoms. The fraction of sp³-hybridized carbons (Fsp3) is 0.231. The van der Waals surface area contributed by atoms with Crippen LogP contribution in [0.25, 0.3) is 11.3 Å². The molecule has 0 saturated carbocycles. The normalized spacial score (nSPS) is 10.6. The molecular weight excluding hydrogens is 222 g/mol. The molecule has 0 aliphatic carbocycles. The van der Waals surface area contributed by atoms with Crippen molar-refractivity contribution in [1.29, 1.82) is 0 Å². The Labute approximate surface area is 98.4 Å². The van der Waals surface area contributed by atoms with Crippen LogP contribution in [0, 0.1) is 18.6 Å². The molecule has 1 aromatic carbocycles. The van der Waals surface area contributed by atoms with Crippen LogP contribution in [-0.4, -0.2) is 9.97 Å². The minimum absolute atomic E-state index is 0.390. The van der Waals surface area contributed by atoms with Crippen molar-refractivity contribution in [3.05, 3.63) is 47.4 Å². The summed E-state index contributed by atoms with van der Waals surface area (Å²) in [6.45, 7) is 3.54. The van der Waals surface area contributed by atoms with Gasteiger partial charge in [0.1, 0.15) is 11.6 Å². The van der Waals surface area contributed by atoms with E-state index >= 15 is 0 Å². The zero-order chi connectivity index (χ0) is 12.4. The summed E-state index contributed by atoms with van der Waals surface area (Å²) >= 11 is 0. The number of aryl methyl sites for hydroxylation is 1. The second kappa shape index (κ2) is 4.57. The lowest BCUT2D eigenvalue weighted by molar-refractivity contribution is 0.578.